The molecule has 0 aliphatic rings. The molecule has 196 valence electrons. The zero-order chi connectivity index (χ0) is 27.2. The average molecular weight is 522 g/mol. The van der Waals surface area contributed by atoms with Crippen molar-refractivity contribution in [3.8, 4) is 0 Å². The molecule has 3 rings (SSSR count). The van der Waals surface area contributed by atoms with Gasteiger partial charge in [0.15, 0.2) is 0 Å². The summed E-state index contributed by atoms with van der Waals surface area (Å²) >= 11 is 0. The number of carbonyl (C=O) groups is 2. The molecule has 0 radical (unpaired) electrons. The van der Waals surface area contributed by atoms with Crippen LogP contribution in [0.4, 0.5) is 5.69 Å². The van der Waals surface area contributed by atoms with E-state index in [9.17, 15) is 18.0 Å². The molecule has 0 aliphatic heterocycles. The number of carbonyl (C=O) groups excluding carboxylic acids is 2. The van der Waals surface area contributed by atoms with Gasteiger partial charge < -0.3 is 10.2 Å². The van der Waals surface area contributed by atoms with Crippen molar-refractivity contribution in [1.82, 2.24) is 10.2 Å². The third-order valence-electron chi connectivity index (χ3n) is 6.48. The average Bonchev–Trinajstić information content (AvgIpc) is 2.86. The van der Waals surface area contributed by atoms with E-state index in [1.165, 1.54) is 11.9 Å². The van der Waals surface area contributed by atoms with Crippen LogP contribution in [0.15, 0.2) is 72.8 Å². The minimum absolute atomic E-state index is 0.163. The van der Waals surface area contributed by atoms with Gasteiger partial charge >= 0.3 is 0 Å². The Balaban J connectivity index is 2.06. The van der Waals surface area contributed by atoms with E-state index in [4.69, 9.17) is 0 Å². The maximum Gasteiger partial charge on any atom is 0.244 e. The number of hydrogen-bond acceptors (Lipinski definition) is 4. The summed E-state index contributed by atoms with van der Waals surface area (Å²) in [5.74, 6) is -0.778. The summed E-state index contributed by atoms with van der Waals surface area (Å²) in [6.07, 6.45) is 1.38. The Morgan fingerprint density at radius 2 is 1.54 bits per heavy atom. The van der Waals surface area contributed by atoms with E-state index in [2.05, 4.69) is 5.32 Å². The molecule has 0 unspecified atom stereocenters. The first-order chi connectivity index (χ1) is 17.5. The predicted octanol–water partition coefficient (Wildman–Crippen LogP) is 3.76. The SMILES string of the molecule is CNC(=O)[C@@H](Cc1ccccc1)N(Cc1cccc(C)c1)C(=O)CN(c1cccc(C)c1C)S(C)(=O)=O. The molecule has 2 amide bonds. The Morgan fingerprint density at radius 1 is 0.892 bits per heavy atom. The van der Waals surface area contributed by atoms with Crippen molar-refractivity contribution in [2.45, 2.75) is 39.8 Å². The highest BCUT2D eigenvalue weighted by Crippen LogP contribution is 2.26. The van der Waals surface area contributed by atoms with Gasteiger partial charge in [-0.2, -0.15) is 0 Å². The van der Waals surface area contributed by atoms with Crippen LogP contribution in [0.2, 0.25) is 0 Å². The first-order valence-corrected chi connectivity index (χ1v) is 14.0. The molecule has 3 aromatic rings. The standard InChI is InChI=1S/C29H35N3O4S/c1-21-11-9-15-25(17-21)19-31(27(29(34)30-4)18-24-13-7-6-8-14-24)28(33)20-32(37(5,35)36)26-16-10-12-22(2)23(26)3/h6-17,27H,18-20H2,1-5H3,(H,30,34)/t27-/m1/s1. The molecule has 0 aliphatic carbocycles. The lowest BCUT2D eigenvalue weighted by molar-refractivity contribution is -0.139. The summed E-state index contributed by atoms with van der Waals surface area (Å²) in [5, 5.41) is 2.68. The lowest BCUT2D eigenvalue weighted by atomic mass is 10.0. The fourth-order valence-electron chi connectivity index (χ4n) is 4.33. The van der Waals surface area contributed by atoms with Crippen molar-refractivity contribution in [1.29, 1.82) is 0 Å². The van der Waals surface area contributed by atoms with Crippen LogP contribution in [0.3, 0.4) is 0 Å². The monoisotopic (exact) mass is 521 g/mol. The van der Waals surface area contributed by atoms with Gasteiger partial charge in [0.1, 0.15) is 12.6 Å². The smallest absolute Gasteiger partial charge is 0.244 e. The summed E-state index contributed by atoms with van der Waals surface area (Å²) in [6.45, 7) is 5.43. The van der Waals surface area contributed by atoms with E-state index in [0.29, 0.717) is 12.1 Å². The van der Waals surface area contributed by atoms with Crippen LogP contribution >= 0.6 is 0 Å². The van der Waals surface area contributed by atoms with Gasteiger partial charge in [0.25, 0.3) is 0 Å². The van der Waals surface area contributed by atoms with Crippen molar-refractivity contribution in [2.24, 2.45) is 0 Å². The van der Waals surface area contributed by atoms with E-state index in [-0.39, 0.29) is 12.5 Å². The highest BCUT2D eigenvalue weighted by atomic mass is 32.2. The first-order valence-electron chi connectivity index (χ1n) is 12.2. The van der Waals surface area contributed by atoms with Crippen LogP contribution in [0.1, 0.15) is 27.8 Å². The second kappa shape index (κ2) is 12.1. The van der Waals surface area contributed by atoms with Crippen molar-refractivity contribution in [3.63, 3.8) is 0 Å². The van der Waals surface area contributed by atoms with Gasteiger partial charge in [-0.3, -0.25) is 13.9 Å². The molecular weight excluding hydrogens is 486 g/mol. The van der Waals surface area contributed by atoms with Gasteiger partial charge in [0.2, 0.25) is 21.8 Å². The molecule has 0 heterocycles. The molecule has 0 saturated carbocycles. The van der Waals surface area contributed by atoms with Gasteiger partial charge in [-0.25, -0.2) is 8.42 Å². The summed E-state index contributed by atoms with van der Waals surface area (Å²) in [7, 11) is -2.25. The van der Waals surface area contributed by atoms with E-state index in [1.807, 2.05) is 81.4 Å². The molecule has 1 N–H and O–H groups in total. The zero-order valence-electron chi connectivity index (χ0n) is 22.1. The lowest BCUT2D eigenvalue weighted by Crippen LogP contribution is -2.53. The summed E-state index contributed by atoms with van der Waals surface area (Å²) in [5.41, 5.74) is 4.92. The van der Waals surface area contributed by atoms with E-state index in [0.717, 1.165) is 38.4 Å². The third-order valence-corrected chi connectivity index (χ3v) is 7.60. The molecule has 1 atom stereocenters. The maximum atomic E-state index is 14.0. The number of nitrogens with one attached hydrogen (secondary N) is 1. The van der Waals surface area contributed by atoms with Gasteiger partial charge in [0, 0.05) is 20.0 Å². The first kappa shape index (κ1) is 27.9. The number of nitrogens with zero attached hydrogens (tertiary/aromatic N) is 2. The summed E-state index contributed by atoms with van der Waals surface area (Å²) in [4.78, 5) is 28.6. The van der Waals surface area contributed by atoms with Crippen LogP contribution in [-0.2, 0) is 32.6 Å². The normalized spacial score (nSPS) is 12.0. The summed E-state index contributed by atoms with van der Waals surface area (Å²) in [6, 6.07) is 21.7. The number of benzene rings is 3. The van der Waals surface area contributed by atoms with E-state index in [1.54, 1.807) is 12.1 Å². The molecule has 37 heavy (non-hydrogen) atoms. The molecule has 0 bridgehead atoms. The third kappa shape index (κ3) is 7.20. The summed E-state index contributed by atoms with van der Waals surface area (Å²) < 4.78 is 26.9. The molecule has 0 saturated heterocycles. The fraction of sp³-hybridized carbons (Fsp3) is 0.310. The van der Waals surface area contributed by atoms with Crippen LogP contribution in [0.25, 0.3) is 0 Å². The molecule has 0 spiro atoms. The molecule has 7 nitrogen and oxygen atoms in total. The van der Waals surface area contributed by atoms with Gasteiger partial charge in [0.05, 0.1) is 11.9 Å². The minimum atomic E-state index is -3.79. The fourth-order valence-corrected chi connectivity index (χ4v) is 5.23. The Hall–Kier alpha value is -3.65. The van der Waals surface area contributed by atoms with Crippen LogP contribution in [-0.4, -0.2) is 51.0 Å². The predicted molar refractivity (Wildman–Crippen MR) is 148 cm³/mol. The topological polar surface area (TPSA) is 86.8 Å². The van der Waals surface area contributed by atoms with E-state index < -0.39 is 28.5 Å². The van der Waals surface area contributed by atoms with Gasteiger partial charge in [-0.05, 0) is 49.1 Å². The number of sulfonamides is 1. The molecule has 0 aromatic heterocycles. The van der Waals surface area contributed by atoms with Crippen LogP contribution in [0.5, 0.6) is 0 Å². The van der Waals surface area contributed by atoms with Crippen LogP contribution < -0.4 is 9.62 Å². The maximum absolute atomic E-state index is 14.0. The molecule has 8 heteroatoms. The number of amides is 2. The van der Waals surface area contributed by atoms with Gasteiger partial charge in [-0.15, -0.1) is 0 Å². The lowest BCUT2D eigenvalue weighted by Gasteiger charge is -2.33. The minimum Gasteiger partial charge on any atom is -0.357 e. The second-order valence-corrected chi connectivity index (χ2v) is 11.2. The number of anilines is 1. The highest BCUT2D eigenvalue weighted by Gasteiger charge is 2.33. The Bertz CT molecular complexity index is 1360. The zero-order valence-corrected chi connectivity index (χ0v) is 22.9. The Kier molecular flexibility index (Phi) is 9.10. The number of likely N-dealkylation sites (N-methyl/N-ethyl adjacent to an activating group) is 1. The van der Waals surface area contributed by atoms with Crippen molar-refractivity contribution >= 4 is 27.5 Å². The number of hydrogen-bond donors (Lipinski definition) is 1. The quantitative estimate of drug-likeness (QED) is 0.440. The van der Waals surface area contributed by atoms with E-state index >= 15 is 0 Å². The van der Waals surface area contributed by atoms with Crippen molar-refractivity contribution in [3.05, 3.63) is 101 Å². The number of rotatable bonds is 10. The molecule has 0 fully saturated rings. The van der Waals surface area contributed by atoms with Crippen molar-refractivity contribution < 1.29 is 18.0 Å². The Morgan fingerprint density at radius 3 is 2.16 bits per heavy atom. The Labute approximate surface area is 220 Å². The molecular formula is C29H35N3O4S. The number of aryl methyl sites for hydroxylation is 2. The largest absolute Gasteiger partial charge is 0.357 e. The van der Waals surface area contributed by atoms with Crippen molar-refractivity contribution in [2.75, 3.05) is 24.2 Å². The van der Waals surface area contributed by atoms with Crippen LogP contribution in [0, 0.1) is 20.8 Å². The molecule has 3 aromatic carbocycles. The second-order valence-electron chi connectivity index (χ2n) is 9.32. The highest BCUT2D eigenvalue weighted by molar-refractivity contribution is 7.92. The van der Waals surface area contributed by atoms with Gasteiger partial charge in [-0.1, -0.05) is 72.3 Å².